The number of benzene rings is 2. The summed E-state index contributed by atoms with van der Waals surface area (Å²) in [7, 11) is 1.88. The highest BCUT2D eigenvalue weighted by Crippen LogP contribution is 2.35. The lowest BCUT2D eigenvalue weighted by molar-refractivity contribution is -0.136. The van der Waals surface area contributed by atoms with Gasteiger partial charge in [0.1, 0.15) is 0 Å². The van der Waals surface area contributed by atoms with Gasteiger partial charge in [0.2, 0.25) is 5.91 Å². The zero-order chi connectivity index (χ0) is 23.7. The van der Waals surface area contributed by atoms with Gasteiger partial charge in [-0.2, -0.15) is 0 Å². The Morgan fingerprint density at radius 1 is 1.12 bits per heavy atom. The lowest BCUT2D eigenvalue weighted by atomic mass is 10.1. The first-order valence-corrected chi connectivity index (χ1v) is 11.3. The van der Waals surface area contributed by atoms with Crippen LogP contribution in [0.15, 0.2) is 42.5 Å². The Morgan fingerprint density at radius 2 is 1.76 bits per heavy atom. The molecule has 6 nitrogen and oxygen atoms in total. The fraction of sp³-hybridized carbons (Fsp3) is 0.400. The monoisotopic (exact) mass is 453 g/mol. The van der Waals surface area contributed by atoms with E-state index in [0.29, 0.717) is 36.8 Å². The number of aromatic nitrogens is 2. The van der Waals surface area contributed by atoms with Crippen molar-refractivity contribution in [3.05, 3.63) is 54.1 Å². The Labute approximate surface area is 192 Å². The molecule has 33 heavy (non-hydrogen) atoms. The third-order valence-electron chi connectivity index (χ3n) is 6.15. The van der Waals surface area contributed by atoms with Gasteiger partial charge >= 0.3 is 0 Å². The van der Waals surface area contributed by atoms with Gasteiger partial charge in [-0.15, -0.1) is 0 Å². The molecule has 1 fully saturated rings. The number of carbonyl (C=O) groups is 1. The van der Waals surface area contributed by atoms with Crippen LogP contribution in [0.2, 0.25) is 0 Å². The zero-order valence-electron chi connectivity index (χ0n) is 19.4. The summed E-state index contributed by atoms with van der Waals surface area (Å²) < 4.78 is 27.9. The number of halogens is 2. The molecule has 2 heterocycles. The van der Waals surface area contributed by atoms with E-state index in [1.165, 1.54) is 0 Å². The van der Waals surface area contributed by atoms with E-state index >= 15 is 0 Å². The highest BCUT2D eigenvalue weighted by atomic mass is 19.2. The molecule has 1 amide bonds. The second-order valence-corrected chi connectivity index (χ2v) is 8.69. The summed E-state index contributed by atoms with van der Waals surface area (Å²) in [6, 6.07) is 11.9. The van der Waals surface area contributed by atoms with Crippen molar-refractivity contribution >= 4 is 34.3 Å². The average Bonchev–Trinajstić information content (AvgIpc) is 3.29. The summed E-state index contributed by atoms with van der Waals surface area (Å²) in [6.07, 6.45) is 0.804. The molecule has 1 aliphatic heterocycles. The molecule has 4 rings (SSSR count). The van der Waals surface area contributed by atoms with Gasteiger partial charge in [-0.1, -0.05) is 32.0 Å². The fourth-order valence-corrected chi connectivity index (χ4v) is 4.36. The molecule has 0 spiro atoms. The van der Waals surface area contributed by atoms with Crippen molar-refractivity contribution in [2.24, 2.45) is 5.92 Å². The Hall–Kier alpha value is -3.29. The number of hydrogen-bond acceptors (Lipinski definition) is 5. The quantitative estimate of drug-likeness (QED) is 0.539. The van der Waals surface area contributed by atoms with Crippen molar-refractivity contribution in [1.29, 1.82) is 0 Å². The molecule has 0 aliphatic carbocycles. The van der Waals surface area contributed by atoms with E-state index in [0.717, 1.165) is 24.2 Å². The Balaban J connectivity index is 1.75. The average molecular weight is 454 g/mol. The van der Waals surface area contributed by atoms with E-state index in [4.69, 9.17) is 4.98 Å². The second kappa shape index (κ2) is 9.29. The van der Waals surface area contributed by atoms with Crippen LogP contribution in [0, 0.1) is 17.6 Å². The molecule has 1 aromatic heterocycles. The van der Waals surface area contributed by atoms with Crippen LogP contribution in [-0.4, -0.2) is 53.5 Å². The molecule has 0 radical (unpaired) electrons. The van der Waals surface area contributed by atoms with Crippen LogP contribution in [0.1, 0.15) is 27.2 Å². The van der Waals surface area contributed by atoms with Crippen molar-refractivity contribution < 1.29 is 13.6 Å². The van der Waals surface area contributed by atoms with Gasteiger partial charge < -0.3 is 14.7 Å². The first-order chi connectivity index (χ1) is 15.8. The number of para-hydroxylation sites is 1. The fourth-order valence-electron chi connectivity index (χ4n) is 4.36. The zero-order valence-corrected chi connectivity index (χ0v) is 19.4. The van der Waals surface area contributed by atoms with E-state index < -0.39 is 11.6 Å². The third kappa shape index (κ3) is 4.47. The minimum absolute atomic E-state index is 0.0576. The Morgan fingerprint density at radius 3 is 2.36 bits per heavy atom. The Bertz CT molecular complexity index is 1150. The Kier molecular flexibility index (Phi) is 6.44. The number of anilines is 3. The van der Waals surface area contributed by atoms with E-state index in [2.05, 4.69) is 9.88 Å². The minimum Gasteiger partial charge on any atom is -0.351 e. The second-order valence-electron chi connectivity index (χ2n) is 8.69. The minimum atomic E-state index is -0.954. The molecule has 0 saturated carbocycles. The summed E-state index contributed by atoms with van der Waals surface area (Å²) in [5, 5.41) is 0. The number of rotatable bonds is 6. The molecule has 2 aromatic carbocycles. The van der Waals surface area contributed by atoms with Crippen LogP contribution in [0.25, 0.3) is 11.0 Å². The van der Waals surface area contributed by atoms with Crippen molar-refractivity contribution in [3.63, 3.8) is 0 Å². The van der Waals surface area contributed by atoms with Crippen LogP contribution < -0.4 is 9.80 Å². The van der Waals surface area contributed by atoms with Gasteiger partial charge in [0, 0.05) is 50.4 Å². The highest BCUT2D eigenvalue weighted by molar-refractivity contribution is 5.83. The van der Waals surface area contributed by atoms with E-state index in [1.807, 2.05) is 68.0 Å². The lowest BCUT2D eigenvalue weighted by Crippen LogP contribution is -2.44. The van der Waals surface area contributed by atoms with Crippen molar-refractivity contribution in [2.75, 3.05) is 36.5 Å². The largest absolute Gasteiger partial charge is 0.351 e. The smallest absolute Gasteiger partial charge is 0.225 e. The number of nitrogens with zero attached hydrogens (tertiary/aromatic N) is 5. The van der Waals surface area contributed by atoms with Crippen LogP contribution in [0.4, 0.5) is 26.1 Å². The number of fused-ring (bicyclic) bond motifs is 1. The third-order valence-corrected chi connectivity index (χ3v) is 6.15. The first-order valence-electron chi connectivity index (χ1n) is 11.3. The lowest BCUT2D eigenvalue weighted by Gasteiger charge is -2.30. The van der Waals surface area contributed by atoms with Crippen LogP contribution in [0.5, 0.6) is 0 Å². The maximum atomic E-state index is 13.9. The summed E-state index contributed by atoms with van der Waals surface area (Å²) in [5.74, 6) is -0.699. The topological polar surface area (TPSA) is 52.6 Å². The van der Waals surface area contributed by atoms with E-state index in [1.54, 1.807) is 0 Å². The van der Waals surface area contributed by atoms with Gasteiger partial charge in [0.25, 0.3) is 0 Å². The molecule has 1 aliphatic rings. The van der Waals surface area contributed by atoms with Gasteiger partial charge in [0.15, 0.2) is 23.3 Å². The van der Waals surface area contributed by atoms with Gasteiger partial charge in [0.05, 0.1) is 17.1 Å². The molecular weight excluding hydrogens is 424 g/mol. The van der Waals surface area contributed by atoms with Crippen molar-refractivity contribution in [3.8, 4) is 0 Å². The number of likely N-dealkylation sites (N-methyl/N-ethyl adjacent to an activating group) is 1. The molecule has 0 unspecified atom stereocenters. The number of amides is 1. The predicted octanol–water partition coefficient (Wildman–Crippen LogP) is 4.76. The standard InChI is InChI=1S/C25H29F2N5O/c1-5-32(25(33)16(2)3)18-11-12-31(15-18)24-23(30(4)17-9-7-6-8-10-17)28-21-13-19(26)20(27)14-22(21)29-24/h6-10,13-14,16,18H,5,11-12,15H2,1-4H3/t18-/m0/s1. The molecule has 174 valence electrons. The number of hydrogen-bond donors (Lipinski definition) is 0. The predicted molar refractivity (Wildman–Crippen MR) is 127 cm³/mol. The summed E-state index contributed by atoms with van der Waals surface area (Å²) in [4.78, 5) is 28.0. The summed E-state index contributed by atoms with van der Waals surface area (Å²) in [6.45, 7) is 7.74. The van der Waals surface area contributed by atoms with Crippen molar-refractivity contribution in [2.45, 2.75) is 33.2 Å². The maximum Gasteiger partial charge on any atom is 0.225 e. The first kappa shape index (κ1) is 22.9. The van der Waals surface area contributed by atoms with Gasteiger partial charge in [-0.3, -0.25) is 4.79 Å². The van der Waals surface area contributed by atoms with Crippen LogP contribution >= 0.6 is 0 Å². The van der Waals surface area contributed by atoms with E-state index in [-0.39, 0.29) is 23.4 Å². The molecule has 3 aromatic rings. The van der Waals surface area contributed by atoms with Crippen molar-refractivity contribution in [1.82, 2.24) is 14.9 Å². The molecule has 0 N–H and O–H groups in total. The summed E-state index contributed by atoms with van der Waals surface area (Å²) in [5.41, 5.74) is 1.48. The van der Waals surface area contributed by atoms with Crippen LogP contribution in [0.3, 0.4) is 0 Å². The van der Waals surface area contributed by atoms with E-state index in [9.17, 15) is 13.6 Å². The van der Waals surface area contributed by atoms with Gasteiger partial charge in [-0.25, -0.2) is 18.7 Å². The molecule has 1 saturated heterocycles. The van der Waals surface area contributed by atoms with Crippen LogP contribution in [-0.2, 0) is 4.79 Å². The normalized spacial score (nSPS) is 16.0. The molecule has 1 atom stereocenters. The van der Waals surface area contributed by atoms with Gasteiger partial charge in [-0.05, 0) is 25.5 Å². The molecule has 8 heteroatoms. The number of carbonyl (C=O) groups excluding carboxylic acids is 1. The molecule has 0 bridgehead atoms. The molecular formula is C25H29F2N5O. The summed E-state index contributed by atoms with van der Waals surface area (Å²) >= 11 is 0. The maximum absolute atomic E-state index is 13.9. The highest BCUT2D eigenvalue weighted by Gasteiger charge is 2.33. The SMILES string of the molecule is CCN(C(=O)C(C)C)[C@H]1CCN(c2nc3cc(F)c(F)cc3nc2N(C)c2ccccc2)C1.